The number of hydrogen-bond acceptors (Lipinski definition) is 3. The van der Waals surface area contributed by atoms with Gasteiger partial charge in [-0.1, -0.05) is 91.7 Å². The molecule has 3 aromatic carbocycles. The Kier molecular flexibility index (Phi) is 10.2. The van der Waals surface area contributed by atoms with E-state index in [2.05, 4.69) is 12.2 Å². The van der Waals surface area contributed by atoms with Crippen LogP contribution in [0.25, 0.3) is 0 Å². The Bertz CT molecular complexity index is 1020. The van der Waals surface area contributed by atoms with Crippen LogP contribution in [0.3, 0.4) is 0 Å². The molecule has 1 atom stereocenters. The molecule has 4 nitrogen and oxygen atoms in total. The minimum absolute atomic E-state index is 0.0407. The van der Waals surface area contributed by atoms with Crippen molar-refractivity contribution in [2.24, 2.45) is 0 Å². The zero-order valence-corrected chi connectivity index (χ0v) is 20.9. The minimum atomic E-state index is -0.578. The summed E-state index contributed by atoms with van der Waals surface area (Å²) in [6.07, 6.45) is 2.40. The quantitative estimate of drug-likeness (QED) is 0.273. The molecule has 0 saturated carbocycles. The smallest absolute Gasteiger partial charge is 0.243 e. The maximum Gasteiger partial charge on any atom is 0.243 e. The first-order valence-electron chi connectivity index (χ1n) is 11.9. The second-order valence-electron chi connectivity index (χ2n) is 8.46. The molecule has 3 rings (SSSR count). The molecule has 0 saturated heterocycles. The summed E-state index contributed by atoms with van der Waals surface area (Å²) >= 11 is 1.51. The highest BCUT2D eigenvalue weighted by Gasteiger charge is 2.30. The van der Waals surface area contributed by atoms with Gasteiger partial charge in [0.2, 0.25) is 11.8 Å². The van der Waals surface area contributed by atoms with Gasteiger partial charge in [-0.3, -0.25) is 9.59 Å². The maximum absolute atomic E-state index is 13.6. The Labute approximate surface area is 207 Å². The number of carbonyl (C=O) groups excluding carboxylic acids is 2. The van der Waals surface area contributed by atoms with E-state index in [9.17, 15) is 9.59 Å². The monoisotopic (exact) mass is 474 g/mol. The highest BCUT2D eigenvalue weighted by atomic mass is 32.2. The zero-order valence-electron chi connectivity index (χ0n) is 20.1. The Morgan fingerprint density at radius 2 is 1.50 bits per heavy atom. The Morgan fingerprint density at radius 1 is 0.882 bits per heavy atom. The first-order valence-corrected chi connectivity index (χ1v) is 12.9. The van der Waals surface area contributed by atoms with Gasteiger partial charge in [0.05, 0.1) is 5.75 Å². The van der Waals surface area contributed by atoms with Gasteiger partial charge in [0, 0.05) is 24.4 Å². The van der Waals surface area contributed by atoms with Gasteiger partial charge < -0.3 is 10.2 Å². The number of amides is 2. The molecule has 0 heterocycles. The molecule has 0 bridgehead atoms. The van der Waals surface area contributed by atoms with Crippen LogP contribution in [-0.4, -0.2) is 35.1 Å². The zero-order chi connectivity index (χ0) is 24.2. The molecule has 0 aromatic heterocycles. The number of carbonyl (C=O) groups is 2. The number of rotatable bonds is 12. The Morgan fingerprint density at radius 3 is 2.12 bits per heavy atom. The van der Waals surface area contributed by atoms with Crippen molar-refractivity contribution >= 4 is 23.6 Å². The van der Waals surface area contributed by atoms with Gasteiger partial charge in [-0.15, -0.1) is 11.8 Å². The van der Waals surface area contributed by atoms with Gasteiger partial charge in [-0.2, -0.15) is 0 Å². The molecule has 0 aliphatic heterocycles. The van der Waals surface area contributed by atoms with E-state index in [4.69, 9.17) is 0 Å². The van der Waals surface area contributed by atoms with Crippen LogP contribution in [0.4, 0.5) is 0 Å². The molecule has 1 N–H and O–H groups in total. The molecule has 3 aromatic rings. The lowest BCUT2D eigenvalue weighted by Crippen LogP contribution is -2.51. The number of benzene rings is 3. The Balaban J connectivity index is 1.85. The number of unbranched alkanes of at least 4 members (excludes halogenated alkanes) is 1. The molecular weight excluding hydrogens is 440 g/mol. The third kappa shape index (κ3) is 8.07. The van der Waals surface area contributed by atoms with Crippen LogP contribution in [0.5, 0.6) is 0 Å². The summed E-state index contributed by atoms with van der Waals surface area (Å²) in [5.74, 6) is 0.145. The van der Waals surface area contributed by atoms with Crippen molar-refractivity contribution in [1.82, 2.24) is 10.2 Å². The fourth-order valence-electron chi connectivity index (χ4n) is 3.70. The number of nitrogens with zero attached hydrogens (tertiary/aromatic N) is 1. The third-order valence-electron chi connectivity index (χ3n) is 5.68. The molecule has 0 aliphatic carbocycles. The normalized spacial score (nSPS) is 11.6. The van der Waals surface area contributed by atoms with E-state index in [1.165, 1.54) is 17.3 Å². The number of hydrogen-bond donors (Lipinski definition) is 1. The van der Waals surface area contributed by atoms with Gasteiger partial charge in [0.1, 0.15) is 6.04 Å². The molecule has 2 amide bonds. The van der Waals surface area contributed by atoms with Crippen molar-refractivity contribution in [3.05, 3.63) is 102 Å². The third-order valence-corrected chi connectivity index (χ3v) is 6.68. The van der Waals surface area contributed by atoms with Crippen molar-refractivity contribution in [2.45, 2.75) is 50.6 Å². The van der Waals surface area contributed by atoms with Crippen molar-refractivity contribution in [3.8, 4) is 0 Å². The van der Waals surface area contributed by atoms with E-state index in [1.54, 1.807) is 4.90 Å². The molecule has 0 spiro atoms. The van der Waals surface area contributed by atoms with E-state index in [0.29, 0.717) is 19.5 Å². The number of aryl methyl sites for hydroxylation is 1. The standard InChI is InChI=1S/C29H34N2O2S/c1-3-4-19-30-29(33)27(20-24-11-7-5-8-12-24)31(21-25-13-9-6-10-14-25)28(32)22-34-26-17-15-23(2)16-18-26/h5-18,27H,3-4,19-22H2,1-2H3,(H,30,33)/t27-/m1/s1. The summed E-state index contributed by atoms with van der Waals surface area (Å²) in [5.41, 5.74) is 3.24. The second-order valence-corrected chi connectivity index (χ2v) is 9.51. The molecule has 0 aliphatic rings. The van der Waals surface area contributed by atoms with Crippen LogP contribution in [0.15, 0.2) is 89.8 Å². The summed E-state index contributed by atoms with van der Waals surface area (Å²) < 4.78 is 0. The van der Waals surface area contributed by atoms with Crippen LogP contribution in [-0.2, 0) is 22.6 Å². The highest BCUT2D eigenvalue weighted by Crippen LogP contribution is 2.21. The lowest BCUT2D eigenvalue weighted by atomic mass is 10.0. The predicted octanol–water partition coefficient (Wildman–Crippen LogP) is 5.64. The lowest BCUT2D eigenvalue weighted by Gasteiger charge is -2.31. The van der Waals surface area contributed by atoms with Crippen molar-refractivity contribution in [3.63, 3.8) is 0 Å². The topological polar surface area (TPSA) is 49.4 Å². The van der Waals surface area contributed by atoms with Crippen LogP contribution in [0, 0.1) is 6.92 Å². The van der Waals surface area contributed by atoms with Crippen LogP contribution >= 0.6 is 11.8 Å². The fraction of sp³-hybridized carbons (Fsp3) is 0.310. The van der Waals surface area contributed by atoms with Gasteiger partial charge in [0.15, 0.2) is 0 Å². The molecule has 34 heavy (non-hydrogen) atoms. The minimum Gasteiger partial charge on any atom is -0.354 e. The van der Waals surface area contributed by atoms with E-state index < -0.39 is 6.04 Å². The highest BCUT2D eigenvalue weighted by molar-refractivity contribution is 8.00. The molecule has 0 unspecified atom stereocenters. The second kappa shape index (κ2) is 13.6. The molecule has 5 heteroatoms. The van der Waals surface area contributed by atoms with Gasteiger partial charge >= 0.3 is 0 Å². The van der Waals surface area contributed by atoms with Gasteiger partial charge in [-0.05, 0) is 36.6 Å². The summed E-state index contributed by atoms with van der Waals surface area (Å²) in [6.45, 7) is 5.16. The summed E-state index contributed by atoms with van der Waals surface area (Å²) in [6, 6.07) is 27.4. The molecule has 0 radical (unpaired) electrons. The van der Waals surface area contributed by atoms with Crippen LogP contribution < -0.4 is 5.32 Å². The average molecular weight is 475 g/mol. The largest absolute Gasteiger partial charge is 0.354 e. The fourth-order valence-corrected chi connectivity index (χ4v) is 4.49. The van der Waals surface area contributed by atoms with E-state index in [1.807, 2.05) is 91.9 Å². The van der Waals surface area contributed by atoms with E-state index in [-0.39, 0.29) is 17.6 Å². The summed E-state index contributed by atoms with van der Waals surface area (Å²) in [7, 11) is 0. The van der Waals surface area contributed by atoms with Crippen LogP contribution in [0.1, 0.15) is 36.5 Å². The molecule has 178 valence electrons. The lowest BCUT2D eigenvalue weighted by molar-refractivity contribution is -0.139. The van der Waals surface area contributed by atoms with Crippen molar-refractivity contribution < 1.29 is 9.59 Å². The van der Waals surface area contributed by atoms with E-state index in [0.717, 1.165) is 28.9 Å². The van der Waals surface area contributed by atoms with E-state index >= 15 is 0 Å². The molecular formula is C29H34N2O2S. The summed E-state index contributed by atoms with van der Waals surface area (Å²) in [4.78, 5) is 29.7. The number of nitrogens with one attached hydrogen (secondary N) is 1. The molecule has 0 fully saturated rings. The van der Waals surface area contributed by atoms with Gasteiger partial charge in [-0.25, -0.2) is 0 Å². The van der Waals surface area contributed by atoms with Crippen molar-refractivity contribution in [1.29, 1.82) is 0 Å². The summed E-state index contributed by atoms with van der Waals surface area (Å²) in [5, 5.41) is 3.07. The van der Waals surface area contributed by atoms with Gasteiger partial charge in [0.25, 0.3) is 0 Å². The van der Waals surface area contributed by atoms with Crippen molar-refractivity contribution in [2.75, 3.05) is 12.3 Å². The predicted molar refractivity (Wildman–Crippen MR) is 141 cm³/mol. The average Bonchev–Trinajstić information content (AvgIpc) is 2.87. The Hall–Kier alpha value is -3.05. The SMILES string of the molecule is CCCCNC(=O)[C@@H](Cc1ccccc1)N(Cc1ccccc1)C(=O)CSc1ccc(C)cc1. The first kappa shape index (κ1) is 25.6. The first-order chi connectivity index (χ1) is 16.6. The number of thioether (sulfide) groups is 1. The van der Waals surface area contributed by atoms with Crippen LogP contribution in [0.2, 0.25) is 0 Å². The maximum atomic E-state index is 13.6.